The Morgan fingerprint density at radius 3 is 1.79 bits per heavy atom. The number of rotatable bonds is 8. The highest BCUT2D eigenvalue weighted by molar-refractivity contribution is 8.20. The lowest BCUT2D eigenvalue weighted by Gasteiger charge is -2.28. The lowest BCUT2D eigenvalue weighted by Crippen LogP contribution is -2.32. The van der Waals surface area contributed by atoms with E-state index >= 15 is 0 Å². The summed E-state index contributed by atoms with van der Waals surface area (Å²) in [4.78, 5) is 0. The SMILES string of the molecule is O=P(C[C@H](OCc1ccccc1)C1SCCS1)(c1ccccc1)c1ccccc1. The summed E-state index contributed by atoms with van der Waals surface area (Å²) in [5.41, 5.74) is 1.15. The zero-order chi connectivity index (χ0) is 19.9. The molecule has 1 saturated heterocycles. The summed E-state index contributed by atoms with van der Waals surface area (Å²) in [6.45, 7) is 0.548. The van der Waals surface area contributed by atoms with E-state index in [0.29, 0.717) is 17.4 Å². The van der Waals surface area contributed by atoms with Gasteiger partial charge in [0.2, 0.25) is 0 Å². The minimum absolute atomic E-state index is 0.0704. The van der Waals surface area contributed by atoms with Gasteiger partial charge < -0.3 is 9.30 Å². The molecule has 0 unspecified atom stereocenters. The molecule has 0 radical (unpaired) electrons. The second-order valence-corrected chi connectivity index (χ2v) is 12.7. The van der Waals surface area contributed by atoms with Gasteiger partial charge in [-0.05, 0) is 5.56 Å². The molecule has 1 atom stereocenters. The van der Waals surface area contributed by atoms with Crippen LogP contribution in [0.2, 0.25) is 0 Å². The van der Waals surface area contributed by atoms with Crippen molar-refractivity contribution in [3.8, 4) is 0 Å². The van der Waals surface area contributed by atoms with E-state index in [9.17, 15) is 4.57 Å². The van der Waals surface area contributed by atoms with Crippen molar-refractivity contribution in [2.45, 2.75) is 17.3 Å². The van der Waals surface area contributed by atoms with Gasteiger partial charge in [-0.1, -0.05) is 91.0 Å². The van der Waals surface area contributed by atoms with Gasteiger partial charge in [0, 0.05) is 28.3 Å². The van der Waals surface area contributed by atoms with Gasteiger partial charge >= 0.3 is 0 Å². The van der Waals surface area contributed by atoms with Gasteiger partial charge in [0.15, 0.2) is 0 Å². The Kier molecular flexibility index (Phi) is 7.20. The van der Waals surface area contributed by atoms with Crippen molar-refractivity contribution in [2.75, 3.05) is 17.7 Å². The maximum Gasteiger partial charge on any atom is 0.145 e. The molecule has 0 aromatic heterocycles. The van der Waals surface area contributed by atoms with E-state index < -0.39 is 7.14 Å². The molecule has 150 valence electrons. The third-order valence-electron chi connectivity index (χ3n) is 5.04. The predicted octanol–water partition coefficient (Wildman–Crippen LogP) is 5.39. The molecule has 4 rings (SSSR count). The van der Waals surface area contributed by atoms with E-state index in [-0.39, 0.29) is 6.10 Å². The molecule has 1 fully saturated rings. The molecule has 3 aromatic carbocycles. The average Bonchev–Trinajstić information content (AvgIpc) is 3.33. The monoisotopic (exact) mass is 440 g/mol. The Bertz CT molecular complexity index is 885. The van der Waals surface area contributed by atoms with Gasteiger partial charge in [0.05, 0.1) is 17.3 Å². The van der Waals surface area contributed by atoms with Crippen LogP contribution in [0.15, 0.2) is 91.0 Å². The fraction of sp³-hybridized carbons (Fsp3) is 0.250. The third-order valence-corrected chi connectivity index (χ3v) is 11.4. The van der Waals surface area contributed by atoms with Crippen molar-refractivity contribution >= 4 is 41.3 Å². The topological polar surface area (TPSA) is 26.3 Å². The van der Waals surface area contributed by atoms with E-state index in [0.717, 1.165) is 27.7 Å². The van der Waals surface area contributed by atoms with Crippen LogP contribution in [0.25, 0.3) is 0 Å². The number of hydrogen-bond donors (Lipinski definition) is 0. The molecule has 0 spiro atoms. The molecule has 0 bridgehead atoms. The van der Waals surface area contributed by atoms with Crippen molar-refractivity contribution in [2.24, 2.45) is 0 Å². The lowest BCUT2D eigenvalue weighted by molar-refractivity contribution is 0.0662. The predicted molar refractivity (Wildman–Crippen MR) is 128 cm³/mol. The van der Waals surface area contributed by atoms with Crippen molar-refractivity contribution in [3.05, 3.63) is 96.6 Å². The molecule has 1 heterocycles. The van der Waals surface area contributed by atoms with Crippen LogP contribution in [0.5, 0.6) is 0 Å². The normalized spacial score (nSPS) is 16.0. The lowest BCUT2D eigenvalue weighted by atomic mass is 10.2. The quantitative estimate of drug-likeness (QED) is 0.439. The smallest absolute Gasteiger partial charge is 0.145 e. The summed E-state index contributed by atoms with van der Waals surface area (Å²) in [6.07, 6.45) is 0.456. The number of benzene rings is 3. The molecule has 5 heteroatoms. The van der Waals surface area contributed by atoms with Gasteiger partial charge in [-0.15, -0.1) is 23.5 Å². The van der Waals surface area contributed by atoms with Crippen LogP contribution in [0.1, 0.15) is 5.56 Å². The van der Waals surface area contributed by atoms with Gasteiger partial charge in [0.25, 0.3) is 0 Å². The Labute approximate surface area is 181 Å². The minimum atomic E-state index is -2.81. The highest BCUT2D eigenvalue weighted by Crippen LogP contribution is 2.48. The third kappa shape index (κ3) is 5.19. The zero-order valence-electron chi connectivity index (χ0n) is 16.2. The average molecular weight is 441 g/mol. The molecular weight excluding hydrogens is 415 g/mol. The summed E-state index contributed by atoms with van der Waals surface area (Å²) >= 11 is 3.87. The molecule has 2 nitrogen and oxygen atoms in total. The first-order chi connectivity index (χ1) is 14.3. The van der Waals surface area contributed by atoms with Crippen LogP contribution < -0.4 is 10.6 Å². The van der Waals surface area contributed by atoms with Crippen molar-refractivity contribution in [1.29, 1.82) is 0 Å². The summed E-state index contributed by atoms with van der Waals surface area (Å²) in [7, 11) is -2.81. The van der Waals surface area contributed by atoms with Crippen LogP contribution in [-0.2, 0) is 15.9 Å². The van der Waals surface area contributed by atoms with Gasteiger partial charge in [-0.25, -0.2) is 0 Å². The van der Waals surface area contributed by atoms with Crippen LogP contribution in [0.4, 0.5) is 0 Å². The molecule has 0 saturated carbocycles. The Hall–Kier alpha value is -1.45. The maximum absolute atomic E-state index is 14.5. The van der Waals surface area contributed by atoms with E-state index in [4.69, 9.17) is 4.74 Å². The molecular formula is C24H25O2PS2. The van der Waals surface area contributed by atoms with E-state index in [1.807, 2.05) is 102 Å². The first kappa shape index (κ1) is 20.8. The second kappa shape index (κ2) is 10.0. The fourth-order valence-electron chi connectivity index (χ4n) is 3.54. The Morgan fingerprint density at radius 2 is 1.28 bits per heavy atom. The number of thioether (sulfide) groups is 2. The summed E-state index contributed by atoms with van der Waals surface area (Å²) < 4.78 is 21.3. The van der Waals surface area contributed by atoms with Crippen molar-refractivity contribution in [3.63, 3.8) is 0 Å². The van der Waals surface area contributed by atoms with E-state index in [2.05, 4.69) is 12.1 Å². The van der Waals surface area contributed by atoms with Crippen LogP contribution >= 0.6 is 30.7 Å². The van der Waals surface area contributed by atoms with Crippen LogP contribution in [0, 0.1) is 0 Å². The molecule has 0 N–H and O–H groups in total. The number of ether oxygens (including phenoxy) is 1. The molecule has 29 heavy (non-hydrogen) atoms. The number of hydrogen-bond acceptors (Lipinski definition) is 4. The van der Waals surface area contributed by atoms with Crippen LogP contribution in [-0.4, -0.2) is 28.4 Å². The summed E-state index contributed by atoms with van der Waals surface area (Å²) in [6, 6.07) is 30.1. The molecule has 0 amide bonds. The van der Waals surface area contributed by atoms with Gasteiger partial charge in [0.1, 0.15) is 7.14 Å². The largest absolute Gasteiger partial charge is 0.371 e. The summed E-state index contributed by atoms with van der Waals surface area (Å²) in [5.74, 6) is 2.25. The van der Waals surface area contributed by atoms with Crippen molar-refractivity contribution < 1.29 is 9.30 Å². The van der Waals surface area contributed by atoms with E-state index in [1.165, 1.54) is 0 Å². The first-order valence-electron chi connectivity index (χ1n) is 9.85. The minimum Gasteiger partial charge on any atom is -0.371 e. The second-order valence-electron chi connectivity index (χ2n) is 7.04. The van der Waals surface area contributed by atoms with Gasteiger partial charge in [-0.2, -0.15) is 0 Å². The Morgan fingerprint density at radius 1 is 0.793 bits per heavy atom. The highest BCUT2D eigenvalue weighted by atomic mass is 32.2. The molecule has 3 aromatic rings. The first-order valence-corrected chi connectivity index (χ1v) is 13.8. The van der Waals surface area contributed by atoms with E-state index in [1.54, 1.807) is 0 Å². The molecule has 1 aliphatic rings. The summed E-state index contributed by atoms with van der Waals surface area (Å²) in [5, 5.41) is 1.82. The fourth-order valence-corrected chi connectivity index (χ4v) is 9.65. The van der Waals surface area contributed by atoms with Crippen molar-refractivity contribution in [1.82, 2.24) is 0 Å². The Balaban J connectivity index is 1.64. The zero-order valence-corrected chi connectivity index (χ0v) is 18.8. The van der Waals surface area contributed by atoms with Gasteiger partial charge in [-0.3, -0.25) is 0 Å². The molecule has 1 aliphatic heterocycles. The standard InChI is InChI=1S/C24H25O2PS2/c25-27(21-12-6-2-7-13-21,22-14-8-3-9-15-22)19-23(24-28-16-17-29-24)26-18-20-10-4-1-5-11-20/h1-15,23-24H,16-19H2/t23-/m0/s1. The maximum atomic E-state index is 14.5. The molecule has 0 aliphatic carbocycles. The highest BCUT2D eigenvalue weighted by Gasteiger charge is 2.36. The van der Waals surface area contributed by atoms with Crippen LogP contribution in [0.3, 0.4) is 0 Å².